The number of halogens is 3. The van der Waals surface area contributed by atoms with E-state index in [1.165, 1.54) is 0 Å². The van der Waals surface area contributed by atoms with Crippen LogP contribution in [0.25, 0.3) is 0 Å². The van der Waals surface area contributed by atoms with Gasteiger partial charge in [-0.15, -0.1) is 0 Å². The topological polar surface area (TPSA) is 50.7 Å². The van der Waals surface area contributed by atoms with Crippen molar-refractivity contribution < 1.29 is 27.0 Å². The third kappa shape index (κ3) is 6.53. The van der Waals surface area contributed by atoms with E-state index in [0.29, 0.717) is 34.7 Å². The van der Waals surface area contributed by atoms with Crippen molar-refractivity contribution in [2.24, 2.45) is 0 Å². The Kier molecular flexibility index (Phi) is 9.01. The molecule has 4 nitrogen and oxygen atoms in total. The molecule has 0 saturated carbocycles. The maximum Gasteiger partial charge on any atom is 0.180 e. The number of nitrogens with one attached hydrogen (secondary N) is 1. The summed E-state index contributed by atoms with van der Waals surface area (Å²) in [7, 11) is 1.58. The molecule has 0 aliphatic heterocycles. The SMILES string of the molecule is COc1cc(CNC(C)(C)CO)cc(Cl)c1OCc1ccc(Cl)cc1.[Cl-]. The first-order valence-electron chi connectivity index (χ1n) is 7.94. The van der Waals surface area contributed by atoms with Gasteiger partial charge in [-0.1, -0.05) is 35.3 Å². The van der Waals surface area contributed by atoms with Gasteiger partial charge < -0.3 is 32.3 Å². The summed E-state index contributed by atoms with van der Waals surface area (Å²) in [6.45, 7) is 4.81. The first-order valence-corrected chi connectivity index (χ1v) is 8.70. The van der Waals surface area contributed by atoms with Crippen LogP contribution in [0.5, 0.6) is 11.5 Å². The molecule has 2 aromatic carbocycles. The summed E-state index contributed by atoms with van der Waals surface area (Å²) < 4.78 is 11.3. The molecule has 0 aliphatic carbocycles. The van der Waals surface area contributed by atoms with Crippen molar-refractivity contribution in [1.29, 1.82) is 0 Å². The minimum absolute atomic E-state index is 0. The van der Waals surface area contributed by atoms with Crippen LogP contribution >= 0.6 is 23.2 Å². The fourth-order valence-corrected chi connectivity index (χ4v) is 2.56. The summed E-state index contributed by atoms with van der Waals surface area (Å²) in [5, 5.41) is 13.8. The number of hydrogen-bond donors (Lipinski definition) is 2. The fraction of sp³-hybridized carbons (Fsp3) is 0.368. The van der Waals surface area contributed by atoms with Crippen molar-refractivity contribution in [3.63, 3.8) is 0 Å². The Morgan fingerprint density at radius 1 is 1.08 bits per heavy atom. The van der Waals surface area contributed by atoms with Crippen LogP contribution in [-0.2, 0) is 13.2 Å². The first kappa shape index (κ1) is 22.9. The van der Waals surface area contributed by atoms with Crippen molar-refractivity contribution >= 4 is 23.2 Å². The van der Waals surface area contributed by atoms with E-state index in [-0.39, 0.29) is 24.6 Å². The lowest BCUT2D eigenvalue weighted by Gasteiger charge is -2.24. The maximum atomic E-state index is 9.33. The first-order chi connectivity index (χ1) is 11.8. The van der Waals surface area contributed by atoms with E-state index in [4.69, 9.17) is 32.7 Å². The molecule has 0 amide bonds. The van der Waals surface area contributed by atoms with Gasteiger partial charge in [0, 0.05) is 17.1 Å². The van der Waals surface area contributed by atoms with E-state index in [1.807, 2.05) is 50.2 Å². The van der Waals surface area contributed by atoms with Crippen LogP contribution in [0.3, 0.4) is 0 Å². The van der Waals surface area contributed by atoms with Gasteiger partial charge in [-0.25, -0.2) is 0 Å². The predicted octanol–water partition coefficient (Wildman–Crippen LogP) is 1.45. The molecule has 0 atom stereocenters. The third-order valence-corrected chi connectivity index (χ3v) is 4.28. The van der Waals surface area contributed by atoms with E-state index in [2.05, 4.69) is 5.32 Å². The van der Waals surface area contributed by atoms with Crippen LogP contribution in [0.15, 0.2) is 36.4 Å². The van der Waals surface area contributed by atoms with Crippen molar-refractivity contribution in [3.8, 4) is 11.5 Å². The van der Waals surface area contributed by atoms with Gasteiger partial charge >= 0.3 is 0 Å². The molecular weight excluding hydrogens is 397 g/mol. The minimum Gasteiger partial charge on any atom is -1.00 e. The lowest BCUT2D eigenvalue weighted by Crippen LogP contribution is -3.00. The largest absolute Gasteiger partial charge is 1.00 e. The fourth-order valence-electron chi connectivity index (χ4n) is 2.15. The smallest absolute Gasteiger partial charge is 0.180 e. The number of hydrogen-bond acceptors (Lipinski definition) is 4. The van der Waals surface area contributed by atoms with Gasteiger partial charge in [0.05, 0.1) is 18.7 Å². The summed E-state index contributed by atoms with van der Waals surface area (Å²) in [6, 6.07) is 11.1. The van der Waals surface area contributed by atoms with E-state index >= 15 is 0 Å². The van der Waals surface area contributed by atoms with Gasteiger partial charge in [-0.3, -0.25) is 0 Å². The van der Waals surface area contributed by atoms with Gasteiger partial charge in [0.1, 0.15) is 6.61 Å². The van der Waals surface area contributed by atoms with Crippen LogP contribution < -0.4 is 27.2 Å². The van der Waals surface area contributed by atoms with Crippen LogP contribution in [0.1, 0.15) is 25.0 Å². The highest BCUT2D eigenvalue weighted by Gasteiger charge is 2.17. The molecule has 0 heterocycles. The predicted molar refractivity (Wildman–Crippen MR) is 102 cm³/mol. The summed E-state index contributed by atoms with van der Waals surface area (Å²) in [5.74, 6) is 1.07. The van der Waals surface area contributed by atoms with Gasteiger partial charge in [0.2, 0.25) is 0 Å². The average Bonchev–Trinajstić information content (AvgIpc) is 2.60. The number of aliphatic hydroxyl groups excluding tert-OH is 1. The number of rotatable bonds is 8. The molecule has 2 N–H and O–H groups in total. The minimum atomic E-state index is -0.372. The number of methoxy groups -OCH3 is 1. The monoisotopic (exact) mass is 418 g/mol. The molecule has 0 bridgehead atoms. The van der Waals surface area contributed by atoms with Crippen molar-refractivity contribution in [2.75, 3.05) is 13.7 Å². The molecule has 0 spiro atoms. The normalized spacial score (nSPS) is 11.0. The Morgan fingerprint density at radius 2 is 1.73 bits per heavy atom. The van der Waals surface area contributed by atoms with Gasteiger partial charge in [0.15, 0.2) is 11.5 Å². The Balaban J connectivity index is 0.00000338. The molecule has 2 aromatic rings. The van der Waals surface area contributed by atoms with E-state index in [0.717, 1.165) is 11.1 Å². The summed E-state index contributed by atoms with van der Waals surface area (Å²) in [6.07, 6.45) is 0. The van der Waals surface area contributed by atoms with E-state index in [9.17, 15) is 5.11 Å². The molecule has 144 valence electrons. The lowest BCUT2D eigenvalue weighted by atomic mass is 10.1. The maximum absolute atomic E-state index is 9.33. The summed E-state index contributed by atoms with van der Waals surface area (Å²) in [5.41, 5.74) is 1.56. The zero-order chi connectivity index (χ0) is 18.4. The highest BCUT2D eigenvalue weighted by Crippen LogP contribution is 2.37. The zero-order valence-corrected chi connectivity index (χ0v) is 17.3. The van der Waals surface area contributed by atoms with E-state index < -0.39 is 0 Å². The van der Waals surface area contributed by atoms with Crippen LogP contribution in [0.2, 0.25) is 10.0 Å². The quantitative estimate of drug-likeness (QED) is 0.680. The highest BCUT2D eigenvalue weighted by atomic mass is 35.5. The standard InChI is InChI=1S/C19H23Cl2NO3.ClH/c1-19(2,12-23)22-10-14-8-16(21)18(17(9-14)24-3)25-11-13-4-6-15(20)7-5-13;/h4-9,22-23H,10-12H2,1-3H3;1H/p-1. The molecule has 0 aromatic heterocycles. The molecular formula is C19H23Cl3NO3-. The average molecular weight is 420 g/mol. The number of ether oxygens (including phenoxy) is 2. The molecule has 7 heteroatoms. The second-order valence-electron chi connectivity index (χ2n) is 6.42. The highest BCUT2D eigenvalue weighted by molar-refractivity contribution is 6.32. The Bertz CT molecular complexity index is 706. The molecule has 2 rings (SSSR count). The van der Waals surface area contributed by atoms with Gasteiger partial charge in [-0.05, 0) is 49.2 Å². The zero-order valence-electron chi connectivity index (χ0n) is 15.0. The van der Waals surface area contributed by atoms with Crippen molar-refractivity contribution in [3.05, 3.63) is 57.6 Å². The van der Waals surface area contributed by atoms with Gasteiger partial charge in [-0.2, -0.15) is 0 Å². The second-order valence-corrected chi connectivity index (χ2v) is 7.26. The molecule has 0 saturated heterocycles. The summed E-state index contributed by atoms with van der Waals surface area (Å²) in [4.78, 5) is 0. The molecule has 0 aliphatic rings. The lowest BCUT2D eigenvalue weighted by molar-refractivity contribution is -0.00000653. The number of aliphatic hydroxyl groups is 1. The third-order valence-electron chi connectivity index (χ3n) is 3.75. The molecule has 0 unspecified atom stereocenters. The Hall–Kier alpha value is -1.17. The molecule has 0 fully saturated rings. The van der Waals surface area contributed by atoms with Gasteiger partial charge in [0.25, 0.3) is 0 Å². The van der Waals surface area contributed by atoms with E-state index in [1.54, 1.807) is 7.11 Å². The Morgan fingerprint density at radius 3 is 2.31 bits per heavy atom. The summed E-state index contributed by atoms with van der Waals surface area (Å²) >= 11 is 12.3. The van der Waals surface area contributed by atoms with Crippen molar-refractivity contribution in [1.82, 2.24) is 5.32 Å². The van der Waals surface area contributed by atoms with Crippen LogP contribution in [0.4, 0.5) is 0 Å². The van der Waals surface area contributed by atoms with Crippen molar-refractivity contribution in [2.45, 2.75) is 32.5 Å². The second kappa shape index (κ2) is 10.2. The van der Waals surface area contributed by atoms with Crippen LogP contribution in [-0.4, -0.2) is 24.4 Å². The molecule has 26 heavy (non-hydrogen) atoms. The van der Waals surface area contributed by atoms with Crippen LogP contribution in [0, 0.1) is 0 Å². The Labute approximate surface area is 170 Å². The number of benzene rings is 2. The molecule has 0 radical (unpaired) electrons.